The van der Waals surface area contributed by atoms with E-state index in [-0.39, 0.29) is 28.9 Å². The van der Waals surface area contributed by atoms with Crippen LogP contribution in [0.1, 0.15) is 41.9 Å². The molecule has 0 aliphatic carbocycles. The lowest BCUT2D eigenvalue weighted by Crippen LogP contribution is -2.42. The Balaban J connectivity index is 1.84. The second-order valence-corrected chi connectivity index (χ2v) is 7.01. The monoisotopic (exact) mass is 368 g/mol. The van der Waals surface area contributed by atoms with E-state index in [2.05, 4.69) is 5.10 Å². The molecule has 7 nitrogen and oxygen atoms in total. The number of carbonyl (C=O) groups excluding carboxylic acids is 2. The molecule has 2 aromatic rings. The summed E-state index contributed by atoms with van der Waals surface area (Å²) < 4.78 is 1.61. The van der Waals surface area contributed by atoms with Crippen LogP contribution in [0.5, 0.6) is 0 Å². The van der Waals surface area contributed by atoms with Gasteiger partial charge in [-0.05, 0) is 44.2 Å². The summed E-state index contributed by atoms with van der Waals surface area (Å²) in [5, 5.41) is 4.36. The summed E-state index contributed by atoms with van der Waals surface area (Å²) in [6, 6.07) is 10.8. The Labute approximate surface area is 157 Å². The molecule has 1 aromatic carbocycles. The van der Waals surface area contributed by atoms with Gasteiger partial charge in [-0.15, -0.1) is 0 Å². The Morgan fingerprint density at radius 3 is 2.70 bits per heavy atom. The number of hydrogen-bond donors (Lipinski definition) is 1. The van der Waals surface area contributed by atoms with Gasteiger partial charge < -0.3 is 10.6 Å². The molecular weight excluding hydrogens is 344 g/mol. The summed E-state index contributed by atoms with van der Waals surface area (Å²) in [4.78, 5) is 38.1. The number of aromatic nitrogens is 2. The maximum atomic E-state index is 13.0. The van der Waals surface area contributed by atoms with Crippen molar-refractivity contribution in [2.75, 3.05) is 13.1 Å². The summed E-state index contributed by atoms with van der Waals surface area (Å²) in [5.74, 6) is -0.463. The highest BCUT2D eigenvalue weighted by molar-refractivity contribution is 5.92. The molecule has 1 atom stereocenters. The van der Waals surface area contributed by atoms with Crippen LogP contribution in [0.25, 0.3) is 5.69 Å². The van der Waals surface area contributed by atoms with Gasteiger partial charge in [-0.3, -0.25) is 14.4 Å². The van der Waals surface area contributed by atoms with Crippen molar-refractivity contribution < 1.29 is 9.59 Å². The van der Waals surface area contributed by atoms with Crippen molar-refractivity contribution >= 4 is 11.8 Å². The van der Waals surface area contributed by atoms with Crippen molar-refractivity contribution in [2.45, 2.75) is 32.6 Å². The third-order valence-electron chi connectivity index (χ3n) is 4.92. The van der Waals surface area contributed by atoms with E-state index in [9.17, 15) is 14.4 Å². The SMILES string of the molecule is Cc1cc(=O)c(C(=O)N2CCCC(CCC(N)=O)C2)nn1-c1ccccc1. The van der Waals surface area contributed by atoms with Crippen LogP contribution in [0, 0.1) is 12.8 Å². The number of primary amides is 1. The average molecular weight is 368 g/mol. The predicted molar refractivity (Wildman–Crippen MR) is 102 cm³/mol. The number of piperidine rings is 1. The van der Waals surface area contributed by atoms with Crippen LogP contribution < -0.4 is 11.2 Å². The molecule has 142 valence electrons. The molecule has 2 amide bonds. The summed E-state index contributed by atoms with van der Waals surface area (Å²) in [6.07, 6.45) is 2.77. The molecule has 1 unspecified atom stereocenters. The number of likely N-dealkylation sites (tertiary alicyclic amines) is 1. The van der Waals surface area contributed by atoms with Gasteiger partial charge in [-0.2, -0.15) is 5.10 Å². The molecule has 1 aromatic heterocycles. The van der Waals surface area contributed by atoms with E-state index >= 15 is 0 Å². The number of hydrogen-bond acceptors (Lipinski definition) is 4. The number of amides is 2. The lowest BCUT2D eigenvalue weighted by Gasteiger charge is -2.32. The first-order valence-corrected chi connectivity index (χ1v) is 9.19. The number of para-hydroxylation sites is 1. The fourth-order valence-corrected chi connectivity index (χ4v) is 3.51. The van der Waals surface area contributed by atoms with Crippen LogP contribution in [-0.2, 0) is 4.79 Å². The van der Waals surface area contributed by atoms with Crippen molar-refractivity contribution in [2.24, 2.45) is 11.7 Å². The van der Waals surface area contributed by atoms with Crippen LogP contribution in [0.3, 0.4) is 0 Å². The Morgan fingerprint density at radius 1 is 1.26 bits per heavy atom. The van der Waals surface area contributed by atoms with E-state index in [4.69, 9.17) is 5.73 Å². The Kier molecular flexibility index (Phi) is 5.69. The molecule has 1 aliphatic rings. The second-order valence-electron chi connectivity index (χ2n) is 7.01. The van der Waals surface area contributed by atoms with Crippen LogP contribution >= 0.6 is 0 Å². The molecule has 2 N–H and O–H groups in total. The molecular formula is C20H24N4O3. The number of aryl methyl sites for hydroxylation is 1. The normalized spacial score (nSPS) is 16.9. The molecule has 1 fully saturated rings. The number of benzene rings is 1. The van der Waals surface area contributed by atoms with Crippen LogP contribution in [0.4, 0.5) is 0 Å². The third kappa shape index (κ3) is 4.42. The Morgan fingerprint density at radius 2 is 2.00 bits per heavy atom. The fraction of sp³-hybridized carbons (Fsp3) is 0.400. The highest BCUT2D eigenvalue weighted by atomic mass is 16.2. The molecule has 1 saturated heterocycles. The van der Waals surface area contributed by atoms with Crippen LogP contribution in [0.2, 0.25) is 0 Å². The van der Waals surface area contributed by atoms with E-state index in [1.165, 1.54) is 6.07 Å². The van der Waals surface area contributed by atoms with Gasteiger partial charge in [0.1, 0.15) is 0 Å². The van der Waals surface area contributed by atoms with Gasteiger partial charge in [-0.1, -0.05) is 18.2 Å². The molecule has 2 heterocycles. The van der Waals surface area contributed by atoms with E-state index in [0.717, 1.165) is 18.5 Å². The van der Waals surface area contributed by atoms with Crippen molar-refractivity contribution in [3.8, 4) is 5.69 Å². The minimum absolute atomic E-state index is 0.0694. The first-order chi connectivity index (χ1) is 13.0. The first-order valence-electron chi connectivity index (χ1n) is 9.19. The molecule has 27 heavy (non-hydrogen) atoms. The van der Waals surface area contributed by atoms with Gasteiger partial charge in [0, 0.05) is 31.3 Å². The lowest BCUT2D eigenvalue weighted by molar-refractivity contribution is -0.118. The maximum absolute atomic E-state index is 13.0. The van der Waals surface area contributed by atoms with E-state index in [1.807, 2.05) is 30.3 Å². The van der Waals surface area contributed by atoms with Crippen LogP contribution in [-0.4, -0.2) is 39.6 Å². The van der Waals surface area contributed by atoms with Crippen LogP contribution in [0.15, 0.2) is 41.2 Å². The number of nitrogens with two attached hydrogens (primary N) is 1. The number of carbonyl (C=O) groups is 2. The van der Waals surface area contributed by atoms with Gasteiger partial charge in [0.2, 0.25) is 11.3 Å². The summed E-state index contributed by atoms with van der Waals surface area (Å²) in [5.41, 5.74) is 6.25. The first kappa shape index (κ1) is 18.8. The van der Waals surface area contributed by atoms with Gasteiger partial charge >= 0.3 is 0 Å². The second kappa shape index (κ2) is 8.16. The van der Waals surface area contributed by atoms with Gasteiger partial charge in [0.25, 0.3) is 5.91 Å². The van der Waals surface area contributed by atoms with Gasteiger partial charge in [0.05, 0.1) is 5.69 Å². The quantitative estimate of drug-likeness (QED) is 0.868. The molecule has 0 saturated carbocycles. The summed E-state index contributed by atoms with van der Waals surface area (Å²) in [7, 11) is 0. The van der Waals surface area contributed by atoms with Crippen molar-refractivity contribution in [3.63, 3.8) is 0 Å². The molecule has 0 spiro atoms. The topological polar surface area (TPSA) is 98.3 Å². The molecule has 3 rings (SSSR count). The molecule has 1 aliphatic heterocycles. The average Bonchev–Trinajstić information content (AvgIpc) is 2.67. The largest absolute Gasteiger partial charge is 0.370 e. The highest BCUT2D eigenvalue weighted by Gasteiger charge is 2.27. The Bertz CT molecular complexity index is 892. The minimum Gasteiger partial charge on any atom is -0.370 e. The minimum atomic E-state index is -0.371. The van der Waals surface area contributed by atoms with Gasteiger partial charge in [0.15, 0.2) is 5.69 Å². The fourth-order valence-electron chi connectivity index (χ4n) is 3.51. The maximum Gasteiger partial charge on any atom is 0.278 e. The third-order valence-corrected chi connectivity index (χ3v) is 4.92. The lowest BCUT2D eigenvalue weighted by atomic mass is 9.93. The highest BCUT2D eigenvalue weighted by Crippen LogP contribution is 2.22. The number of rotatable bonds is 5. The summed E-state index contributed by atoms with van der Waals surface area (Å²) in [6.45, 7) is 2.90. The molecule has 0 radical (unpaired) electrons. The zero-order valence-electron chi connectivity index (χ0n) is 15.4. The molecule has 0 bridgehead atoms. The Hall–Kier alpha value is -2.96. The predicted octanol–water partition coefficient (Wildman–Crippen LogP) is 1.66. The zero-order valence-corrected chi connectivity index (χ0v) is 15.4. The van der Waals surface area contributed by atoms with E-state index in [1.54, 1.807) is 16.5 Å². The van der Waals surface area contributed by atoms with Crippen molar-refractivity contribution in [1.82, 2.24) is 14.7 Å². The zero-order chi connectivity index (χ0) is 19.4. The van der Waals surface area contributed by atoms with Crippen molar-refractivity contribution in [1.29, 1.82) is 0 Å². The summed E-state index contributed by atoms with van der Waals surface area (Å²) >= 11 is 0. The molecule has 7 heteroatoms. The number of nitrogens with zero attached hydrogens (tertiary/aromatic N) is 3. The standard InChI is InChI=1S/C20H24N4O3/c1-14-12-17(25)19(22-24(14)16-7-3-2-4-8-16)20(27)23-11-5-6-15(13-23)9-10-18(21)26/h2-4,7-8,12,15H,5-6,9-11,13H2,1H3,(H2,21,26). The smallest absolute Gasteiger partial charge is 0.278 e. The van der Waals surface area contributed by atoms with Crippen molar-refractivity contribution in [3.05, 3.63) is 58.0 Å². The van der Waals surface area contributed by atoms with E-state index in [0.29, 0.717) is 31.6 Å². The van der Waals surface area contributed by atoms with E-state index < -0.39 is 0 Å². The van der Waals surface area contributed by atoms with Gasteiger partial charge in [-0.25, -0.2) is 4.68 Å².